The van der Waals surface area contributed by atoms with Gasteiger partial charge in [0.25, 0.3) is 5.56 Å². The van der Waals surface area contributed by atoms with Gasteiger partial charge in [-0.2, -0.15) is 0 Å². The molecule has 0 amide bonds. The van der Waals surface area contributed by atoms with Gasteiger partial charge in [0.1, 0.15) is 10.5 Å². The Bertz CT molecular complexity index is 730. The predicted molar refractivity (Wildman–Crippen MR) is 84.3 cm³/mol. The molecule has 1 N–H and O–H groups in total. The first-order valence-electron chi connectivity index (χ1n) is 5.85. The summed E-state index contributed by atoms with van der Waals surface area (Å²) in [6.07, 6.45) is 0. The van der Waals surface area contributed by atoms with E-state index in [1.54, 1.807) is 23.1 Å². The first kappa shape index (κ1) is 12.9. The Hall–Kier alpha value is -1.11. The second-order valence-corrected chi connectivity index (χ2v) is 7.34. The van der Waals surface area contributed by atoms with E-state index in [-0.39, 0.29) is 5.56 Å². The average Bonchev–Trinajstić information content (AvgIpc) is 3.06. The fourth-order valence-electron chi connectivity index (χ4n) is 1.80. The SMILES string of the molecule is C[C@@H](SCc1nc2ccsc2c(=O)[nH]1)c1cccs1. The molecule has 0 fully saturated rings. The topological polar surface area (TPSA) is 45.8 Å². The summed E-state index contributed by atoms with van der Waals surface area (Å²) in [5.41, 5.74) is 0.771. The van der Waals surface area contributed by atoms with Gasteiger partial charge in [-0.15, -0.1) is 34.4 Å². The molecule has 0 saturated heterocycles. The molecule has 0 saturated carbocycles. The third kappa shape index (κ3) is 2.75. The second-order valence-electron chi connectivity index (χ2n) is 4.12. The first-order valence-corrected chi connectivity index (χ1v) is 8.66. The lowest BCUT2D eigenvalue weighted by atomic mass is 10.4. The van der Waals surface area contributed by atoms with Gasteiger partial charge in [-0.25, -0.2) is 4.98 Å². The lowest BCUT2D eigenvalue weighted by Crippen LogP contribution is -2.09. The summed E-state index contributed by atoms with van der Waals surface area (Å²) < 4.78 is 0.708. The largest absolute Gasteiger partial charge is 0.309 e. The van der Waals surface area contributed by atoms with E-state index in [1.807, 2.05) is 11.4 Å². The van der Waals surface area contributed by atoms with Crippen LogP contribution in [0.2, 0.25) is 0 Å². The minimum Gasteiger partial charge on any atom is -0.309 e. The third-order valence-electron chi connectivity index (χ3n) is 2.78. The van der Waals surface area contributed by atoms with Crippen molar-refractivity contribution in [1.29, 1.82) is 0 Å². The van der Waals surface area contributed by atoms with Gasteiger partial charge in [-0.1, -0.05) is 6.07 Å². The van der Waals surface area contributed by atoms with Gasteiger partial charge in [0.15, 0.2) is 0 Å². The molecule has 3 nitrogen and oxygen atoms in total. The summed E-state index contributed by atoms with van der Waals surface area (Å²) in [5.74, 6) is 1.48. The van der Waals surface area contributed by atoms with E-state index >= 15 is 0 Å². The van der Waals surface area contributed by atoms with Crippen molar-refractivity contribution in [3.63, 3.8) is 0 Å². The Labute approximate surface area is 122 Å². The van der Waals surface area contributed by atoms with Crippen LogP contribution >= 0.6 is 34.4 Å². The second kappa shape index (κ2) is 5.48. The van der Waals surface area contributed by atoms with Crippen molar-refractivity contribution in [3.8, 4) is 0 Å². The van der Waals surface area contributed by atoms with Crippen LogP contribution in [-0.4, -0.2) is 9.97 Å². The first-order chi connectivity index (χ1) is 9.24. The van der Waals surface area contributed by atoms with Crippen LogP contribution in [0.1, 0.15) is 22.9 Å². The number of fused-ring (bicyclic) bond motifs is 1. The van der Waals surface area contributed by atoms with Crippen LogP contribution in [-0.2, 0) is 5.75 Å². The highest BCUT2D eigenvalue weighted by Gasteiger charge is 2.09. The molecule has 6 heteroatoms. The fraction of sp³-hybridized carbons (Fsp3) is 0.231. The van der Waals surface area contributed by atoms with Gasteiger partial charge in [0.2, 0.25) is 0 Å². The number of nitrogens with zero attached hydrogens (tertiary/aromatic N) is 1. The van der Waals surface area contributed by atoms with Gasteiger partial charge in [0, 0.05) is 10.1 Å². The highest BCUT2D eigenvalue weighted by Crippen LogP contribution is 2.32. The van der Waals surface area contributed by atoms with Gasteiger partial charge in [-0.05, 0) is 29.8 Å². The molecule has 3 aromatic rings. The van der Waals surface area contributed by atoms with E-state index < -0.39 is 0 Å². The lowest BCUT2D eigenvalue weighted by Gasteiger charge is -2.08. The van der Waals surface area contributed by atoms with Crippen LogP contribution in [0.5, 0.6) is 0 Å². The summed E-state index contributed by atoms with van der Waals surface area (Å²) in [4.78, 5) is 20.5. The summed E-state index contributed by atoms with van der Waals surface area (Å²) in [5, 5.41) is 4.41. The minimum atomic E-state index is -0.0284. The molecule has 0 radical (unpaired) electrons. The third-order valence-corrected chi connectivity index (χ3v) is 6.08. The molecular formula is C13H12N2OS3. The van der Waals surface area contributed by atoms with Crippen LogP contribution < -0.4 is 5.56 Å². The van der Waals surface area contributed by atoms with Crippen LogP contribution in [0.3, 0.4) is 0 Å². The lowest BCUT2D eigenvalue weighted by molar-refractivity contribution is 1.03. The highest BCUT2D eigenvalue weighted by atomic mass is 32.2. The van der Waals surface area contributed by atoms with Crippen molar-refractivity contribution in [2.24, 2.45) is 0 Å². The fourth-order valence-corrected chi connectivity index (χ4v) is 4.35. The quantitative estimate of drug-likeness (QED) is 0.791. The van der Waals surface area contributed by atoms with Gasteiger partial charge >= 0.3 is 0 Å². The number of thioether (sulfide) groups is 1. The molecule has 0 aliphatic heterocycles. The number of hydrogen-bond donors (Lipinski definition) is 1. The molecule has 1 atom stereocenters. The molecule has 0 bridgehead atoms. The monoisotopic (exact) mass is 308 g/mol. The van der Waals surface area contributed by atoms with Crippen LogP contribution in [0.15, 0.2) is 33.8 Å². The molecule has 0 spiro atoms. The molecule has 0 aliphatic carbocycles. The van der Waals surface area contributed by atoms with Gasteiger partial charge in [-0.3, -0.25) is 4.79 Å². The molecule has 0 unspecified atom stereocenters. The van der Waals surface area contributed by atoms with E-state index in [1.165, 1.54) is 16.2 Å². The maximum Gasteiger partial charge on any atom is 0.268 e. The standard InChI is InChI=1S/C13H12N2OS3/c1-8(10-3-2-5-17-10)19-7-11-14-9-4-6-18-12(9)13(16)15-11/h2-6,8H,7H2,1H3,(H,14,15,16)/t8-/m1/s1. The molecule has 0 aliphatic rings. The number of H-pyrrole nitrogens is 1. The molecule has 19 heavy (non-hydrogen) atoms. The Morgan fingerprint density at radius 2 is 2.26 bits per heavy atom. The average molecular weight is 308 g/mol. The summed E-state index contributed by atoms with van der Waals surface area (Å²) in [6, 6.07) is 6.10. The van der Waals surface area contributed by atoms with E-state index in [9.17, 15) is 4.79 Å². The zero-order valence-electron chi connectivity index (χ0n) is 10.3. The molecule has 0 aromatic carbocycles. The van der Waals surface area contributed by atoms with Crippen molar-refractivity contribution in [2.45, 2.75) is 17.9 Å². The Kier molecular flexibility index (Phi) is 3.72. The van der Waals surface area contributed by atoms with Crippen molar-refractivity contribution in [1.82, 2.24) is 9.97 Å². The maximum atomic E-state index is 11.8. The Morgan fingerprint density at radius 3 is 3.05 bits per heavy atom. The normalized spacial score (nSPS) is 12.9. The zero-order chi connectivity index (χ0) is 13.2. The number of nitrogens with one attached hydrogen (secondary N) is 1. The van der Waals surface area contributed by atoms with E-state index in [4.69, 9.17) is 0 Å². The molecule has 3 heterocycles. The van der Waals surface area contributed by atoms with Crippen molar-refractivity contribution in [2.75, 3.05) is 0 Å². The number of hydrogen-bond acceptors (Lipinski definition) is 5. The molecular weight excluding hydrogens is 296 g/mol. The summed E-state index contributed by atoms with van der Waals surface area (Å²) >= 11 is 4.98. The number of aromatic nitrogens is 2. The van der Waals surface area contributed by atoms with Crippen molar-refractivity contribution >= 4 is 44.7 Å². The summed E-state index contributed by atoms with van der Waals surface area (Å²) in [7, 11) is 0. The maximum absolute atomic E-state index is 11.8. The van der Waals surface area contributed by atoms with E-state index in [2.05, 4.69) is 34.4 Å². The molecule has 98 valence electrons. The van der Waals surface area contributed by atoms with Crippen molar-refractivity contribution in [3.05, 3.63) is 50.0 Å². The Morgan fingerprint density at radius 1 is 1.37 bits per heavy atom. The summed E-state index contributed by atoms with van der Waals surface area (Å²) in [6.45, 7) is 2.18. The number of thiophene rings is 2. The molecule has 3 aromatic heterocycles. The van der Waals surface area contributed by atoms with E-state index in [0.29, 0.717) is 9.95 Å². The predicted octanol–water partition coefficient (Wildman–Crippen LogP) is 4.04. The van der Waals surface area contributed by atoms with Gasteiger partial charge < -0.3 is 4.98 Å². The molecule has 3 rings (SSSR count). The number of aromatic amines is 1. The smallest absolute Gasteiger partial charge is 0.268 e. The van der Waals surface area contributed by atoms with E-state index in [0.717, 1.165) is 17.1 Å². The van der Waals surface area contributed by atoms with Crippen LogP contribution in [0.4, 0.5) is 0 Å². The highest BCUT2D eigenvalue weighted by molar-refractivity contribution is 7.98. The van der Waals surface area contributed by atoms with Crippen molar-refractivity contribution < 1.29 is 0 Å². The minimum absolute atomic E-state index is 0.0284. The van der Waals surface area contributed by atoms with Gasteiger partial charge in [0.05, 0.1) is 11.3 Å². The van der Waals surface area contributed by atoms with Crippen LogP contribution in [0.25, 0.3) is 10.2 Å². The zero-order valence-corrected chi connectivity index (χ0v) is 12.7. The number of rotatable bonds is 4. The Balaban J connectivity index is 1.76. The van der Waals surface area contributed by atoms with Crippen LogP contribution in [0, 0.1) is 0 Å².